The first-order valence-corrected chi connectivity index (χ1v) is 10.5. The molecular formula is C20H29N3O3S. The van der Waals surface area contributed by atoms with Gasteiger partial charge in [0.25, 0.3) is 5.56 Å². The van der Waals surface area contributed by atoms with Gasteiger partial charge in [-0.05, 0) is 45.1 Å². The number of ether oxygens (including phenoxy) is 1. The van der Waals surface area contributed by atoms with Crippen molar-refractivity contribution < 1.29 is 9.84 Å². The van der Waals surface area contributed by atoms with Crippen LogP contribution in [0.3, 0.4) is 0 Å². The average Bonchev–Trinajstić information content (AvgIpc) is 3.00. The van der Waals surface area contributed by atoms with Crippen molar-refractivity contribution in [3.63, 3.8) is 0 Å². The molecule has 2 N–H and O–H groups in total. The molecule has 1 aliphatic carbocycles. The molecule has 0 aromatic carbocycles. The topological polar surface area (TPSA) is 78.5 Å². The number of hydrogen-bond acceptors (Lipinski definition) is 6. The van der Waals surface area contributed by atoms with E-state index in [1.54, 1.807) is 17.4 Å². The van der Waals surface area contributed by atoms with E-state index in [2.05, 4.69) is 30.3 Å². The number of fused-ring (bicyclic) bond motifs is 3. The lowest BCUT2D eigenvalue weighted by Gasteiger charge is -2.28. The van der Waals surface area contributed by atoms with E-state index in [1.807, 2.05) is 0 Å². The van der Waals surface area contributed by atoms with E-state index in [-0.39, 0.29) is 18.2 Å². The lowest BCUT2D eigenvalue weighted by Crippen LogP contribution is -2.39. The minimum absolute atomic E-state index is 0.0343. The zero-order valence-corrected chi connectivity index (χ0v) is 17.0. The summed E-state index contributed by atoms with van der Waals surface area (Å²) in [7, 11) is 0. The van der Waals surface area contributed by atoms with E-state index in [0.717, 1.165) is 29.5 Å². The number of nitrogens with zero attached hydrogens (tertiary/aromatic N) is 2. The van der Waals surface area contributed by atoms with Gasteiger partial charge in [-0.1, -0.05) is 6.08 Å². The number of nitrogens with one attached hydrogen (secondary N) is 1. The highest BCUT2D eigenvalue weighted by Gasteiger charge is 2.21. The maximum absolute atomic E-state index is 12.7. The number of thiophene rings is 1. The second-order valence-electron chi connectivity index (χ2n) is 7.41. The van der Waals surface area contributed by atoms with E-state index in [0.29, 0.717) is 25.5 Å². The Morgan fingerprint density at radius 2 is 2.19 bits per heavy atom. The lowest BCUT2D eigenvalue weighted by atomic mass is 9.97. The lowest BCUT2D eigenvalue weighted by molar-refractivity contribution is 0.0172. The molecule has 6 nitrogen and oxygen atoms in total. The number of aryl methyl sites for hydroxylation is 2. The number of H-pyrrole nitrogens is 1. The van der Waals surface area contributed by atoms with Crippen LogP contribution >= 0.6 is 11.3 Å². The van der Waals surface area contributed by atoms with Gasteiger partial charge in [0, 0.05) is 17.5 Å². The molecule has 0 fully saturated rings. The molecule has 0 amide bonds. The van der Waals surface area contributed by atoms with Gasteiger partial charge in [0.2, 0.25) is 0 Å². The van der Waals surface area contributed by atoms with E-state index >= 15 is 0 Å². The molecule has 0 spiro atoms. The fourth-order valence-electron chi connectivity index (χ4n) is 3.54. The van der Waals surface area contributed by atoms with Gasteiger partial charge in [-0.2, -0.15) is 0 Å². The minimum atomic E-state index is -0.600. The second kappa shape index (κ2) is 9.10. The van der Waals surface area contributed by atoms with Crippen LogP contribution in [-0.2, 0) is 24.1 Å². The molecule has 0 saturated carbocycles. The molecule has 0 bridgehead atoms. The van der Waals surface area contributed by atoms with Gasteiger partial charge >= 0.3 is 0 Å². The van der Waals surface area contributed by atoms with Crippen molar-refractivity contribution in [3.05, 3.63) is 39.3 Å². The molecule has 0 saturated heterocycles. The fraction of sp³-hybridized carbons (Fsp3) is 0.600. The van der Waals surface area contributed by atoms with Crippen LogP contribution in [0.25, 0.3) is 10.2 Å². The van der Waals surface area contributed by atoms with Crippen LogP contribution in [0, 0.1) is 0 Å². The summed E-state index contributed by atoms with van der Waals surface area (Å²) in [4.78, 5) is 24.7. The maximum Gasteiger partial charge on any atom is 0.259 e. The summed E-state index contributed by atoms with van der Waals surface area (Å²) in [5, 5.41) is 11.0. The molecule has 148 valence electrons. The molecule has 0 radical (unpaired) electrons. The van der Waals surface area contributed by atoms with Gasteiger partial charge in [-0.25, -0.2) is 4.98 Å². The van der Waals surface area contributed by atoms with Crippen LogP contribution in [0.1, 0.15) is 43.0 Å². The van der Waals surface area contributed by atoms with Gasteiger partial charge in [-0.15, -0.1) is 17.9 Å². The van der Waals surface area contributed by atoms with Crippen LogP contribution in [-0.4, -0.2) is 51.9 Å². The van der Waals surface area contributed by atoms with Crippen molar-refractivity contribution in [1.29, 1.82) is 0 Å². The molecule has 2 heterocycles. The van der Waals surface area contributed by atoms with Gasteiger partial charge in [0.05, 0.1) is 31.2 Å². The fourth-order valence-corrected chi connectivity index (χ4v) is 4.83. The van der Waals surface area contributed by atoms with Crippen molar-refractivity contribution in [2.24, 2.45) is 0 Å². The van der Waals surface area contributed by atoms with Crippen molar-refractivity contribution >= 4 is 21.6 Å². The summed E-state index contributed by atoms with van der Waals surface area (Å²) in [5.41, 5.74) is 1.17. The Hall–Kier alpha value is -1.54. The number of rotatable bonds is 9. The summed E-state index contributed by atoms with van der Waals surface area (Å²) in [5.74, 6) is 0.652. The third kappa shape index (κ3) is 4.85. The Bertz CT molecular complexity index is 843. The molecule has 2 aromatic rings. The Labute approximate surface area is 163 Å². The molecule has 1 aliphatic rings. The highest BCUT2D eigenvalue weighted by molar-refractivity contribution is 7.18. The summed E-state index contributed by atoms with van der Waals surface area (Å²) in [6.45, 7) is 9.37. The van der Waals surface area contributed by atoms with Crippen molar-refractivity contribution in [3.8, 4) is 0 Å². The minimum Gasteiger partial charge on any atom is -0.389 e. The van der Waals surface area contributed by atoms with Crippen LogP contribution in [0.4, 0.5) is 0 Å². The van der Waals surface area contributed by atoms with Crippen LogP contribution in [0.2, 0.25) is 0 Å². The first kappa shape index (κ1) is 20.2. The molecule has 0 aliphatic heterocycles. The second-order valence-corrected chi connectivity index (χ2v) is 8.49. The first-order valence-electron chi connectivity index (χ1n) is 9.63. The maximum atomic E-state index is 12.7. The number of aromatic nitrogens is 2. The Kier molecular flexibility index (Phi) is 6.81. The third-order valence-corrected chi connectivity index (χ3v) is 6.13. The Morgan fingerprint density at radius 1 is 1.41 bits per heavy atom. The van der Waals surface area contributed by atoms with E-state index in [9.17, 15) is 9.90 Å². The monoisotopic (exact) mass is 391 g/mol. The Morgan fingerprint density at radius 3 is 2.93 bits per heavy atom. The molecule has 7 heteroatoms. The highest BCUT2D eigenvalue weighted by Crippen LogP contribution is 2.33. The molecule has 2 aromatic heterocycles. The summed E-state index contributed by atoms with van der Waals surface area (Å²) in [6, 6.07) is 0.205. The average molecular weight is 392 g/mol. The molecule has 1 atom stereocenters. The summed E-state index contributed by atoms with van der Waals surface area (Å²) >= 11 is 1.66. The van der Waals surface area contributed by atoms with Crippen LogP contribution in [0.15, 0.2) is 17.4 Å². The van der Waals surface area contributed by atoms with Crippen LogP contribution < -0.4 is 5.56 Å². The quantitative estimate of drug-likeness (QED) is 0.507. The molecule has 3 rings (SSSR count). The number of hydrogen-bond donors (Lipinski definition) is 2. The zero-order chi connectivity index (χ0) is 19.4. The highest BCUT2D eigenvalue weighted by atomic mass is 32.1. The van der Waals surface area contributed by atoms with Crippen LogP contribution in [0.5, 0.6) is 0 Å². The van der Waals surface area contributed by atoms with E-state index in [4.69, 9.17) is 9.72 Å². The number of aromatic amines is 1. The zero-order valence-electron chi connectivity index (χ0n) is 16.2. The SMILES string of the molecule is C=CCOCC(O)CN(Cc1nc2sc3c(c2c(=O)[nH]1)CCCC3)C(C)C. The summed E-state index contributed by atoms with van der Waals surface area (Å²) in [6.07, 6.45) is 5.44. The van der Waals surface area contributed by atoms with Gasteiger partial charge in [-0.3, -0.25) is 9.69 Å². The molecular weight excluding hydrogens is 362 g/mol. The van der Waals surface area contributed by atoms with E-state index < -0.39 is 6.10 Å². The normalized spacial score (nSPS) is 15.4. The third-order valence-electron chi connectivity index (χ3n) is 4.95. The standard InChI is InChI=1S/C20H29N3O3S/c1-4-9-26-12-14(24)10-23(13(2)3)11-17-21-19(25)18-15-7-5-6-8-16(15)27-20(18)22-17/h4,13-14,24H,1,5-12H2,2-3H3,(H,21,22,25). The largest absolute Gasteiger partial charge is 0.389 e. The van der Waals surface area contributed by atoms with Gasteiger partial charge in [0.15, 0.2) is 0 Å². The first-order chi connectivity index (χ1) is 13.0. The van der Waals surface area contributed by atoms with Crippen molar-refractivity contribution in [2.45, 2.75) is 58.2 Å². The Balaban J connectivity index is 1.77. The van der Waals surface area contributed by atoms with Crippen molar-refractivity contribution in [2.75, 3.05) is 19.8 Å². The smallest absolute Gasteiger partial charge is 0.259 e. The number of aliphatic hydroxyl groups is 1. The predicted molar refractivity (Wildman–Crippen MR) is 109 cm³/mol. The molecule has 27 heavy (non-hydrogen) atoms. The predicted octanol–water partition coefficient (Wildman–Crippen LogP) is 2.64. The van der Waals surface area contributed by atoms with E-state index in [1.165, 1.54) is 16.9 Å². The van der Waals surface area contributed by atoms with Crippen molar-refractivity contribution in [1.82, 2.24) is 14.9 Å². The van der Waals surface area contributed by atoms with Gasteiger partial charge in [0.1, 0.15) is 10.7 Å². The number of aliphatic hydroxyl groups excluding tert-OH is 1. The molecule has 1 unspecified atom stereocenters. The van der Waals surface area contributed by atoms with Gasteiger partial charge < -0.3 is 14.8 Å². The summed E-state index contributed by atoms with van der Waals surface area (Å²) < 4.78 is 5.33.